The third-order valence-electron chi connectivity index (χ3n) is 4.76. The molecule has 1 aliphatic rings. The third kappa shape index (κ3) is 6.16. The number of aryl methyl sites for hydroxylation is 1. The first-order valence-corrected chi connectivity index (χ1v) is 9.52. The van der Waals surface area contributed by atoms with Gasteiger partial charge in [-0.2, -0.15) is 0 Å². The summed E-state index contributed by atoms with van der Waals surface area (Å²) in [5.41, 5.74) is 2.05. The van der Waals surface area contributed by atoms with Gasteiger partial charge >= 0.3 is 0 Å². The highest BCUT2D eigenvalue weighted by atomic mass is 16.2. The quantitative estimate of drug-likeness (QED) is 0.737. The lowest BCUT2D eigenvalue weighted by Gasteiger charge is -2.34. The zero-order chi connectivity index (χ0) is 18.1. The molecule has 5 heteroatoms. The number of piperazine rings is 1. The lowest BCUT2D eigenvalue weighted by molar-refractivity contribution is -0.133. The maximum Gasteiger partial charge on any atom is 0.238 e. The number of amides is 2. The first kappa shape index (κ1) is 19.4. The average Bonchev–Trinajstić information content (AvgIpc) is 2.63. The van der Waals surface area contributed by atoms with Gasteiger partial charge in [0.25, 0.3) is 0 Å². The van der Waals surface area contributed by atoms with Crippen molar-refractivity contribution in [3.8, 4) is 0 Å². The Morgan fingerprint density at radius 3 is 2.44 bits per heavy atom. The van der Waals surface area contributed by atoms with Gasteiger partial charge in [0, 0.05) is 38.3 Å². The van der Waals surface area contributed by atoms with E-state index in [-0.39, 0.29) is 11.8 Å². The van der Waals surface area contributed by atoms with Gasteiger partial charge in [-0.25, -0.2) is 0 Å². The number of carbonyl (C=O) groups is 2. The van der Waals surface area contributed by atoms with Crippen molar-refractivity contribution in [2.45, 2.75) is 46.0 Å². The molecule has 0 unspecified atom stereocenters. The summed E-state index contributed by atoms with van der Waals surface area (Å²) in [6.07, 6.45) is 4.79. The van der Waals surface area contributed by atoms with E-state index >= 15 is 0 Å². The number of hydrogen-bond donors (Lipinski definition) is 1. The largest absolute Gasteiger partial charge is 0.340 e. The Labute approximate surface area is 151 Å². The van der Waals surface area contributed by atoms with E-state index < -0.39 is 0 Å². The molecule has 0 aliphatic carbocycles. The van der Waals surface area contributed by atoms with Crippen LogP contribution in [-0.4, -0.2) is 54.3 Å². The first-order chi connectivity index (χ1) is 12.1. The van der Waals surface area contributed by atoms with Gasteiger partial charge in [-0.05, 0) is 24.5 Å². The number of nitrogens with one attached hydrogen (secondary N) is 1. The molecule has 1 fully saturated rings. The third-order valence-corrected chi connectivity index (χ3v) is 4.76. The van der Waals surface area contributed by atoms with Gasteiger partial charge in [-0.1, -0.05) is 44.9 Å². The summed E-state index contributed by atoms with van der Waals surface area (Å²) in [6.45, 7) is 7.60. The number of hydrogen-bond acceptors (Lipinski definition) is 3. The zero-order valence-corrected chi connectivity index (χ0v) is 15.6. The SMILES string of the molecule is CCCCCC(=O)N1CCN(CC(=O)Nc2ccccc2CC)CC1. The molecule has 25 heavy (non-hydrogen) atoms. The van der Waals surface area contributed by atoms with Crippen molar-refractivity contribution < 1.29 is 9.59 Å². The van der Waals surface area contributed by atoms with Crippen LogP contribution in [0.1, 0.15) is 45.1 Å². The van der Waals surface area contributed by atoms with Crippen LogP contribution in [-0.2, 0) is 16.0 Å². The number of carbonyl (C=O) groups excluding carboxylic acids is 2. The van der Waals surface area contributed by atoms with E-state index in [4.69, 9.17) is 0 Å². The van der Waals surface area contributed by atoms with Crippen LogP contribution in [0.25, 0.3) is 0 Å². The van der Waals surface area contributed by atoms with Crippen LogP contribution >= 0.6 is 0 Å². The molecule has 0 atom stereocenters. The molecule has 1 aromatic rings. The van der Waals surface area contributed by atoms with Crippen LogP contribution in [0.4, 0.5) is 5.69 Å². The molecule has 0 spiro atoms. The second kappa shape index (κ2) is 10.2. The summed E-state index contributed by atoms with van der Waals surface area (Å²) in [5, 5.41) is 3.02. The molecule has 1 saturated heterocycles. The van der Waals surface area contributed by atoms with Crippen molar-refractivity contribution in [1.82, 2.24) is 9.80 Å². The van der Waals surface area contributed by atoms with Gasteiger partial charge in [0.2, 0.25) is 11.8 Å². The Kier molecular flexibility index (Phi) is 7.92. The van der Waals surface area contributed by atoms with Gasteiger partial charge in [-0.15, -0.1) is 0 Å². The van der Waals surface area contributed by atoms with Gasteiger partial charge in [0.05, 0.1) is 6.54 Å². The lowest BCUT2D eigenvalue weighted by atomic mass is 10.1. The Morgan fingerprint density at radius 2 is 1.76 bits per heavy atom. The first-order valence-electron chi connectivity index (χ1n) is 9.52. The second-order valence-corrected chi connectivity index (χ2v) is 6.67. The van der Waals surface area contributed by atoms with E-state index in [1.165, 1.54) is 0 Å². The molecular weight excluding hydrogens is 314 g/mol. The number of nitrogens with zero attached hydrogens (tertiary/aromatic N) is 2. The predicted octanol–water partition coefficient (Wildman–Crippen LogP) is 2.91. The van der Waals surface area contributed by atoms with Crippen LogP contribution in [0.3, 0.4) is 0 Å². The number of unbranched alkanes of at least 4 members (excludes halogenated alkanes) is 2. The smallest absolute Gasteiger partial charge is 0.238 e. The monoisotopic (exact) mass is 345 g/mol. The molecule has 1 aromatic carbocycles. The van der Waals surface area contributed by atoms with Crippen molar-refractivity contribution in [2.75, 3.05) is 38.0 Å². The van der Waals surface area contributed by atoms with E-state index in [9.17, 15) is 9.59 Å². The standard InChI is InChI=1S/C20H31N3O2/c1-3-5-6-11-20(25)23-14-12-22(13-15-23)16-19(24)21-18-10-8-7-9-17(18)4-2/h7-10H,3-6,11-16H2,1-2H3,(H,21,24). The Balaban J connectivity index is 1.74. The fourth-order valence-corrected chi connectivity index (χ4v) is 3.18. The van der Waals surface area contributed by atoms with E-state index in [2.05, 4.69) is 24.1 Å². The molecule has 2 rings (SSSR count). The van der Waals surface area contributed by atoms with Crippen molar-refractivity contribution >= 4 is 17.5 Å². The number of benzene rings is 1. The predicted molar refractivity (Wildman–Crippen MR) is 102 cm³/mol. The topological polar surface area (TPSA) is 52.7 Å². The summed E-state index contributed by atoms with van der Waals surface area (Å²) in [7, 11) is 0. The molecule has 138 valence electrons. The summed E-state index contributed by atoms with van der Waals surface area (Å²) in [5.74, 6) is 0.276. The second-order valence-electron chi connectivity index (χ2n) is 6.67. The molecule has 2 amide bonds. The highest BCUT2D eigenvalue weighted by Gasteiger charge is 2.22. The molecule has 0 bridgehead atoms. The van der Waals surface area contributed by atoms with Crippen molar-refractivity contribution in [3.05, 3.63) is 29.8 Å². The molecule has 1 N–H and O–H groups in total. The Bertz CT molecular complexity index is 566. The number of rotatable bonds is 8. The molecule has 0 saturated carbocycles. The van der Waals surface area contributed by atoms with Crippen LogP contribution in [0.5, 0.6) is 0 Å². The van der Waals surface area contributed by atoms with Crippen LogP contribution in [0, 0.1) is 0 Å². The van der Waals surface area contributed by atoms with E-state index in [0.717, 1.165) is 63.1 Å². The van der Waals surface area contributed by atoms with Gasteiger partial charge in [0.15, 0.2) is 0 Å². The fourth-order valence-electron chi connectivity index (χ4n) is 3.18. The van der Waals surface area contributed by atoms with Crippen molar-refractivity contribution in [3.63, 3.8) is 0 Å². The van der Waals surface area contributed by atoms with Gasteiger partial charge in [0.1, 0.15) is 0 Å². The van der Waals surface area contributed by atoms with Crippen LogP contribution < -0.4 is 5.32 Å². The van der Waals surface area contributed by atoms with Crippen molar-refractivity contribution in [1.29, 1.82) is 0 Å². The molecular formula is C20H31N3O2. The number of anilines is 1. The lowest BCUT2D eigenvalue weighted by Crippen LogP contribution is -2.50. The normalized spacial score (nSPS) is 15.2. The van der Waals surface area contributed by atoms with Crippen LogP contribution in [0.2, 0.25) is 0 Å². The highest BCUT2D eigenvalue weighted by Crippen LogP contribution is 2.15. The Hall–Kier alpha value is -1.88. The maximum absolute atomic E-state index is 12.3. The summed E-state index contributed by atoms with van der Waals surface area (Å²) < 4.78 is 0. The fraction of sp³-hybridized carbons (Fsp3) is 0.600. The van der Waals surface area contributed by atoms with E-state index in [0.29, 0.717) is 13.0 Å². The minimum absolute atomic E-state index is 0.0172. The average molecular weight is 345 g/mol. The summed E-state index contributed by atoms with van der Waals surface area (Å²) in [4.78, 5) is 28.5. The molecule has 0 radical (unpaired) electrons. The minimum atomic E-state index is 0.0172. The molecule has 1 aliphatic heterocycles. The maximum atomic E-state index is 12.3. The highest BCUT2D eigenvalue weighted by molar-refractivity contribution is 5.93. The molecule has 5 nitrogen and oxygen atoms in total. The summed E-state index contributed by atoms with van der Waals surface area (Å²) in [6, 6.07) is 7.92. The minimum Gasteiger partial charge on any atom is -0.340 e. The van der Waals surface area contributed by atoms with E-state index in [1.54, 1.807) is 0 Å². The zero-order valence-electron chi connectivity index (χ0n) is 15.6. The van der Waals surface area contributed by atoms with E-state index in [1.807, 2.05) is 29.2 Å². The Morgan fingerprint density at radius 1 is 1.04 bits per heavy atom. The van der Waals surface area contributed by atoms with Crippen molar-refractivity contribution in [2.24, 2.45) is 0 Å². The molecule has 1 heterocycles. The van der Waals surface area contributed by atoms with Crippen LogP contribution in [0.15, 0.2) is 24.3 Å². The molecule has 0 aromatic heterocycles. The van der Waals surface area contributed by atoms with Gasteiger partial charge < -0.3 is 10.2 Å². The van der Waals surface area contributed by atoms with Gasteiger partial charge in [-0.3, -0.25) is 14.5 Å². The number of para-hydroxylation sites is 1. The summed E-state index contributed by atoms with van der Waals surface area (Å²) >= 11 is 0.